The fourth-order valence-electron chi connectivity index (χ4n) is 3.34. The molecule has 1 fully saturated rings. The largest absolute Gasteiger partial charge is 0.390 e. The monoisotopic (exact) mass is 303 g/mol. The number of hydrogen-bond acceptors (Lipinski definition) is 4. The average molecular weight is 303 g/mol. The maximum absolute atomic E-state index is 12.0. The minimum atomic E-state index is -0.474. The van der Waals surface area contributed by atoms with Gasteiger partial charge in [-0.25, -0.2) is 0 Å². The Morgan fingerprint density at radius 3 is 2.64 bits per heavy atom. The van der Waals surface area contributed by atoms with Crippen molar-refractivity contribution in [2.45, 2.75) is 19.1 Å². The predicted octanol–water partition coefficient (Wildman–Crippen LogP) is 0.180. The van der Waals surface area contributed by atoms with Crippen molar-refractivity contribution in [1.82, 2.24) is 14.7 Å². The fraction of sp³-hybridized carbons (Fsp3) is 0.588. The van der Waals surface area contributed by atoms with Crippen LogP contribution in [0.25, 0.3) is 0 Å². The zero-order valence-corrected chi connectivity index (χ0v) is 13.2. The first-order valence-electron chi connectivity index (χ1n) is 8.05. The third-order valence-electron chi connectivity index (χ3n) is 4.62. The number of aliphatic hydroxyl groups is 1. The number of β-amino-alcohol motifs (C(OH)–C–C–N with tert-alkyl or cyclic N) is 1. The van der Waals surface area contributed by atoms with Crippen LogP contribution < -0.4 is 0 Å². The van der Waals surface area contributed by atoms with Crippen LogP contribution in [0.3, 0.4) is 0 Å². The molecule has 22 heavy (non-hydrogen) atoms. The van der Waals surface area contributed by atoms with E-state index in [0.29, 0.717) is 19.6 Å². The Balaban J connectivity index is 1.50. The molecule has 1 N–H and O–H groups in total. The number of carbonyl (C=O) groups is 1. The summed E-state index contributed by atoms with van der Waals surface area (Å²) in [6.07, 6.45) is 0.564. The van der Waals surface area contributed by atoms with E-state index in [1.165, 1.54) is 11.1 Å². The molecule has 1 saturated heterocycles. The van der Waals surface area contributed by atoms with Gasteiger partial charge in [-0.15, -0.1) is 0 Å². The van der Waals surface area contributed by atoms with Crippen LogP contribution in [0, 0.1) is 0 Å². The van der Waals surface area contributed by atoms with Gasteiger partial charge in [0.05, 0.1) is 12.6 Å². The lowest BCUT2D eigenvalue weighted by molar-refractivity contribution is -0.137. The highest BCUT2D eigenvalue weighted by Crippen LogP contribution is 2.18. The van der Waals surface area contributed by atoms with Crippen molar-refractivity contribution in [2.24, 2.45) is 0 Å². The van der Waals surface area contributed by atoms with Crippen molar-refractivity contribution >= 4 is 5.91 Å². The molecule has 1 aromatic rings. The Bertz CT molecular complexity index is 534. The van der Waals surface area contributed by atoms with Crippen LogP contribution >= 0.6 is 0 Å². The first-order valence-corrected chi connectivity index (χ1v) is 8.05. The molecule has 5 heteroatoms. The molecule has 2 aliphatic rings. The SMILES string of the molecule is CN1CCN(CC(O)CN2CCc3ccccc3C2)C(=O)C1. The maximum atomic E-state index is 12.0. The molecule has 1 unspecified atom stereocenters. The quantitative estimate of drug-likeness (QED) is 0.862. The van der Waals surface area contributed by atoms with E-state index >= 15 is 0 Å². The molecule has 1 atom stereocenters. The topological polar surface area (TPSA) is 47.0 Å². The molecule has 0 radical (unpaired) electrons. The smallest absolute Gasteiger partial charge is 0.236 e. The van der Waals surface area contributed by atoms with E-state index < -0.39 is 6.10 Å². The van der Waals surface area contributed by atoms with Gasteiger partial charge in [-0.05, 0) is 24.6 Å². The Morgan fingerprint density at radius 1 is 1.09 bits per heavy atom. The predicted molar refractivity (Wildman–Crippen MR) is 85.5 cm³/mol. The van der Waals surface area contributed by atoms with E-state index in [1.807, 2.05) is 11.9 Å². The highest BCUT2D eigenvalue weighted by Gasteiger charge is 2.25. The Hall–Kier alpha value is -1.43. The highest BCUT2D eigenvalue weighted by molar-refractivity contribution is 5.79. The summed E-state index contributed by atoms with van der Waals surface area (Å²) in [7, 11) is 1.96. The number of piperazine rings is 1. The second-order valence-electron chi connectivity index (χ2n) is 6.49. The number of nitrogens with zero attached hydrogens (tertiary/aromatic N) is 3. The van der Waals surface area contributed by atoms with Crippen LogP contribution in [0.5, 0.6) is 0 Å². The molecule has 0 bridgehead atoms. The summed E-state index contributed by atoms with van der Waals surface area (Å²) < 4.78 is 0. The van der Waals surface area contributed by atoms with Crippen LogP contribution in [-0.2, 0) is 17.8 Å². The summed E-state index contributed by atoms with van der Waals surface area (Å²) in [5.41, 5.74) is 2.78. The molecule has 5 nitrogen and oxygen atoms in total. The summed E-state index contributed by atoms with van der Waals surface area (Å²) in [5.74, 6) is 0.122. The van der Waals surface area contributed by atoms with E-state index in [-0.39, 0.29) is 5.91 Å². The molecule has 0 aromatic heterocycles. The van der Waals surface area contributed by atoms with E-state index in [0.717, 1.165) is 32.6 Å². The number of hydrogen-bond donors (Lipinski definition) is 1. The van der Waals surface area contributed by atoms with Crippen molar-refractivity contribution in [3.8, 4) is 0 Å². The molecule has 1 amide bonds. The lowest BCUT2D eigenvalue weighted by Gasteiger charge is -2.35. The highest BCUT2D eigenvalue weighted by atomic mass is 16.3. The van der Waals surface area contributed by atoms with E-state index in [1.54, 1.807) is 4.90 Å². The van der Waals surface area contributed by atoms with Crippen molar-refractivity contribution in [3.05, 3.63) is 35.4 Å². The van der Waals surface area contributed by atoms with E-state index in [2.05, 4.69) is 29.2 Å². The Morgan fingerprint density at radius 2 is 1.86 bits per heavy atom. The van der Waals surface area contributed by atoms with Gasteiger partial charge < -0.3 is 10.0 Å². The van der Waals surface area contributed by atoms with Gasteiger partial charge in [0.15, 0.2) is 0 Å². The number of aliphatic hydroxyl groups excluding tert-OH is 1. The summed E-state index contributed by atoms with van der Waals surface area (Å²) in [6.45, 7) is 5.02. The lowest BCUT2D eigenvalue weighted by atomic mass is 10.00. The number of fused-ring (bicyclic) bond motifs is 1. The van der Waals surface area contributed by atoms with Crippen LogP contribution in [0.15, 0.2) is 24.3 Å². The van der Waals surface area contributed by atoms with Crippen molar-refractivity contribution in [3.63, 3.8) is 0 Å². The second kappa shape index (κ2) is 6.77. The molecule has 2 heterocycles. The first-order chi connectivity index (χ1) is 10.6. The molecular weight excluding hydrogens is 278 g/mol. The molecule has 0 spiro atoms. The van der Waals surface area contributed by atoms with Gasteiger partial charge in [0.2, 0.25) is 5.91 Å². The summed E-state index contributed by atoms with van der Waals surface area (Å²) in [5, 5.41) is 10.3. The van der Waals surface area contributed by atoms with Gasteiger partial charge in [-0.1, -0.05) is 24.3 Å². The standard InChI is InChI=1S/C17H25N3O2/c1-18-8-9-20(17(22)13-18)12-16(21)11-19-7-6-14-4-2-3-5-15(14)10-19/h2-5,16,21H,6-13H2,1H3. The maximum Gasteiger partial charge on any atom is 0.236 e. The van der Waals surface area contributed by atoms with Gasteiger partial charge in [0.1, 0.15) is 0 Å². The van der Waals surface area contributed by atoms with E-state index in [9.17, 15) is 9.90 Å². The molecule has 2 aliphatic heterocycles. The number of likely N-dealkylation sites (N-methyl/N-ethyl adjacent to an activating group) is 1. The summed E-state index contributed by atoms with van der Waals surface area (Å²) in [4.78, 5) is 18.1. The molecular formula is C17H25N3O2. The average Bonchev–Trinajstić information content (AvgIpc) is 2.50. The van der Waals surface area contributed by atoms with Gasteiger partial charge >= 0.3 is 0 Å². The van der Waals surface area contributed by atoms with Gasteiger partial charge in [0.25, 0.3) is 0 Å². The van der Waals surface area contributed by atoms with Gasteiger partial charge in [0, 0.05) is 39.3 Å². The van der Waals surface area contributed by atoms with Crippen LogP contribution in [0.4, 0.5) is 0 Å². The molecule has 3 rings (SSSR count). The van der Waals surface area contributed by atoms with Crippen molar-refractivity contribution in [1.29, 1.82) is 0 Å². The minimum Gasteiger partial charge on any atom is -0.390 e. The molecule has 1 aromatic carbocycles. The third-order valence-corrected chi connectivity index (χ3v) is 4.62. The second-order valence-corrected chi connectivity index (χ2v) is 6.49. The molecule has 120 valence electrons. The van der Waals surface area contributed by atoms with Crippen LogP contribution in [0.1, 0.15) is 11.1 Å². The van der Waals surface area contributed by atoms with Crippen LogP contribution in [0.2, 0.25) is 0 Å². The van der Waals surface area contributed by atoms with E-state index in [4.69, 9.17) is 0 Å². The Kier molecular flexibility index (Phi) is 4.76. The zero-order valence-electron chi connectivity index (χ0n) is 13.2. The normalized spacial score (nSPS) is 21.7. The number of benzene rings is 1. The number of carbonyl (C=O) groups excluding carboxylic acids is 1. The minimum absolute atomic E-state index is 0.122. The molecule has 0 aliphatic carbocycles. The number of amides is 1. The Labute approximate surface area is 132 Å². The summed E-state index contributed by atoms with van der Waals surface area (Å²) in [6, 6.07) is 8.51. The lowest BCUT2D eigenvalue weighted by Crippen LogP contribution is -2.52. The summed E-state index contributed by atoms with van der Waals surface area (Å²) >= 11 is 0. The van der Waals surface area contributed by atoms with Crippen molar-refractivity contribution < 1.29 is 9.90 Å². The third kappa shape index (κ3) is 3.66. The first kappa shape index (κ1) is 15.5. The zero-order chi connectivity index (χ0) is 15.5. The van der Waals surface area contributed by atoms with Crippen molar-refractivity contribution in [2.75, 3.05) is 46.3 Å². The number of rotatable bonds is 4. The van der Waals surface area contributed by atoms with Gasteiger partial charge in [-0.3, -0.25) is 14.6 Å². The fourth-order valence-corrected chi connectivity index (χ4v) is 3.34. The molecule has 0 saturated carbocycles. The van der Waals surface area contributed by atoms with Gasteiger partial charge in [-0.2, -0.15) is 0 Å². The van der Waals surface area contributed by atoms with Crippen LogP contribution in [-0.4, -0.2) is 78.1 Å².